The number of aromatic nitrogens is 2. The van der Waals surface area contributed by atoms with Gasteiger partial charge in [0, 0.05) is 52.0 Å². The maximum Gasteiger partial charge on any atom is 0.191 e. The van der Waals surface area contributed by atoms with Crippen LogP contribution in [0, 0.1) is 0 Å². The van der Waals surface area contributed by atoms with Crippen LogP contribution in [0.2, 0.25) is 0 Å². The van der Waals surface area contributed by atoms with E-state index < -0.39 is 0 Å². The Balaban J connectivity index is 0.00000280. The molecule has 3 rings (SSSR count). The molecule has 1 aromatic heterocycles. The second-order valence-electron chi connectivity index (χ2n) is 7.21. The standard InChI is InChI=1S/C21H32N6.HI/c1-3-22-21(23-12-9-19-15-24-26(2)16-19)25-20-10-13-27(14-11-20)17-18-7-5-4-6-8-18;/h4-8,15-16,20H,3,9-14,17H2,1-2H3,(H2,22,23,25);1H. The van der Waals surface area contributed by atoms with E-state index in [2.05, 4.69) is 64.1 Å². The molecule has 6 nitrogen and oxygen atoms in total. The lowest BCUT2D eigenvalue weighted by molar-refractivity contribution is 0.198. The summed E-state index contributed by atoms with van der Waals surface area (Å²) < 4.78 is 1.84. The van der Waals surface area contributed by atoms with Crippen LogP contribution >= 0.6 is 24.0 Å². The van der Waals surface area contributed by atoms with E-state index in [1.165, 1.54) is 11.1 Å². The van der Waals surface area contributed by atoms with E-state index in [1.54, 1.807) is 0 Å². The van der Waals surface area contributed by atoms with Crippen molar-refractivity contribution in [2.24, 2.45) is 12.0 Å². The van der Waals surface area contributed by atoms with Crippen molar-refractivity contribution >= 4 is 29.9 Å². The molecular formula is C21H33IN6. The van der Waals surface area contributed by atoms with E-state index in [1.807, 2.05) is 17.9 Å². The Hall–Kier alpha value is -1.61. The minimum atomic E-state index is 0. The molecule has 2 heterocycles. The number of hydrogen-bond donors (Lipinski definition) is 2. The molecule has 1 fully saturated rings. The largest absolute Gasteiger partial charge is 0.357 e. The molecule has 0 atom stereocenters. The Kier molecular flexibility index (Phi) is 9.77. The lowest BCUT2D eigenvalue weighted by atomic mass is 10.0. The average Bonchev–Trinajstić information content (AvgIpc) is 3.09. The predicted molar refractivity (Wildman–Crippen MR) is 126 cm³/mol. The Morgan fingerprint density at radius 1 is 1.18 bits per heavy atom. The molecule has 0 saturated carbocycles. The van der Waals surface area contributed by atoms with Crippen LogP contribution in [0.1, 0.15) is 30.9 Å². The van der Waals surface area contributed by atoms with Crippen LogP contribution < -0.4 is 10.6 Å². The summed E-state index contributed by atoms with van der Waals surface area (Å²) in [5, 5.41) is 11.2. The second-order valence-corrected chi connectivity index (χ2v) is 7.21. The van der Waals surface area contributed by atoms with Gasteiger partial charge in [0.2, 0.25) is 0 Å². The molecule has 2 aromatic rings. The van der Waals surface area contributed by atoms with Gasteiger partial charge in [-0.05, 0) is 37.3 Å². The molecule has 0 spiro atoms. The van der Waals surface area contributed by atoms with Gasteiger partial charge >= 0.3 is 0 Å². The maximum absolute atomic E-state index is 4.74. The van der Waals surface area contributed by atoms with Crippen molar-refractivity contribution in [1.82, 2.24) is 25.3 Å². The minimum Gasteiger partial charge on any atom is -0.357 e. The van der Waals surface area contributed by atoms with Crippen molar-refractivity contribution in [3.63, 3.8) is 0 Å². The highest BCUT2D eigenvalue weighted by Crippen LogP contribution is 2.13. The fourth-order valence-electron chi connectivity index (χ4n) is 3.49. The van der Waals surface area contributed by atoms with Crippen LogP contribution in [0.4, 0.5) is 0 Å². The van der Waals surface area contributed by atoms with Crippen molar-refractivity contribution in [3.05, 3.63) is 53.9 Å². The van der Waals surface area contributed by atoms with Gasteiger partial charge in [-0.1, -0.05) is 30.3 Å². The summed E-state index contributed by atoms with van der Waals surface area (Å²) in [7, 11) is 1.95. The monoisotopic (exact) mass is 496 g/mol. The summed E-state index contributed by atoms with van der Waals surface area (Å²) in [6.45, 7) is 7.07. The quantitative estimate of drug-likeness (QED) is 0.352. The van der Waals surface area contributed by atoms with Gasteiger partial charge in [-0.25, -0.2) is 0 Å². The number of piperidine rings is 1. The summed E-state index contributed by atoms with van der Waals surface area (Å²) in [4.78, 5) is 7.28. The Bertz CT molecular complexity index is 707. The molecule has 0 amide bonds. The zero-order chi connectivity index (χ0) is 18.9. The van der Waals surface area contributed by atoms with Gasteiger partial charge in [-0.3, -0.25) is 14.6 Å². The molecular weight excluding hydrogens is 463 g/mol. The number of aliphatic imine (C=N–C) groups is 1. The van der Waals surface area contributed by atoms with E-state index in [4.69, 9.17) is 4.99 Å². The summed E-state index contributed by atoms with van der Waals surface area (Å²) in [5.41, 5.74) is 2.63. The Morgan fingerprint density at radius 2 is 1.93 bits per heavy atom. The molecule has 1 aromatic carbocycles. The van der Waals surface area contributed by atoms with Crippen LogP contribution in [-0.2, 0) is 20.0 Å². The summed E-state index contributed by atoms with van der Waals surface area (Å²) in [5.74, 6) is 0.933. The van der Waals surface area contributed by atoms with Gasteiger partial charge in [-0.2, -0.15) is 5.10 Å². The number of nitrogens with zero attached hydrogens (tertiary/aromatic N) is 4. The minimum absolute atomic E-state index is 0. The molecule has 1 aliphatic heterocycles. The average molecular weight is 496 g/mol. The SMILES string of the molecule is CCNC(=NCCc1cnn(C)c1)NC1CCN(Cc2ccccc2)CC1.I. The number of aryl methyl sites for hydroxylation is 1. The van der Waals surface area contributed by atoms with Gasteiger partial charge in [-0.15, -0.1) is 24.0 Å². The molecule has 7 heteroatoms. The molecule has 0 bridgehead atoms. The maximum atomic E-state index is 4.74. The number of likely N-dealkylation sites (tertiary alicyclic amines) is 1. The zero-order valence-electron chi connectivity index (χ0n) is 17.0. The third-order valence-electron chi connectivity index (χ3n) is 4.95. The van der Waals surface area contributed by atoms with E-state index in [-0.39, 0.29) is 24.0 Å². The summed E-state index contributed by atoms with van der Waals surface area (Å²) >= 11 is 0. The van der Waals surface area contributed by atoms with Crippen LogP contribution in [-0.4, -0.2) is 52.9 Å². The lowest BCUT2D eigenvalue weighted by Crippen LogP contribution is -2.48. The number of guanidine groups is 1. The van der Waals surface area contributed by atoms with Gasteiger partial charge in [0.25, 0.3) is 0 Å². The molecule has 2 N–H and O–H groups in total. The Labute approximate surface area is 185 Å². The number of rotatable bonds is 7. The Morgan fingerprint density at radius 3 is 2.57 bits per heavy atom. The normalized spacial score (nSPS) is 15.9. The van der Waals surface area contributed by atoms with Crippen molar-refractivity contribution < 1.29 is 0 Å². The molecule has 0 radical (unpaired) electrons. The molecule has 0 aliphatic carbocycles. The van der Waals surface area contributed by atoms with Crippen LogP contribution in [0.15, 0.2) is 47.7 Å². The smallest absolute Gasteiger partial charge is 0.191 e. The second kappa shape index (κ2) is 12.1. The lowest BCUT2D eigenvalue weighted by Gasteiger charge is -2.33. The van der Waals surface area contributed by atoms with E-state index in [0.29, 0.717) is 6.04 Å². The molecule has 1 saturated heterocycles. The van der Waals surface area contributed by atoms with E-state index >= 15 is 0 Å². The highest BCUT2D eigenvalue weighted by Gasteiger charge is 2.19. The first-order valence-corrected chi connectivity index (χ1v) is 10.0. The predicted octanol–water partition coefficient (Wildman–Crippen LogP) is 2.80. The third-order valence-corrected chi connectivity index (χ3v) is 4.95. The number of benzene rings is 1. The van der Waals surface area contributed by atoms with Gasteiger partial charge in [0.15, 0.2) is 5.96 Å². The van der Waals surface area contributed by atoms with Crippen LogP contribution in [0.25, 0.3) is 0 Å². The first-order chi connectivity index (χ1) is 13.2. The van der Waals surface area contributed by atoms with Gasteiger partial charge in [0.05, 0.1) is 6.20 Å². The van der Waals surface area contributed by atoms with Crippen molar-refractivity contribution in [2.45, 2.75) is 38.8 Å². The van der Waals surface area contributed by atoms with Gasteiger partial charge in [0.1, 0.15) is 0 Å². The van der Waals surface area contributed by atoms with Crippen molar-refractivity contribution in [1.29, 1.82) is 0 Å². The molecule has 154 valence electrons. The third kappa shape index (κ3) is 7.43. The highest BCUT2D eigenvalue weighted by molar-refractivity contribution is 14.0. The van der Waals surface area contributed by atoms with Crippen molar-refractivity contribution in [3.8, 4) is 0 Å². The topological polar surface area (TPSA) is 57.5 Å². The van der Waals surface area contributed by atoms with Gasteiger partial charge < -0.3 is 10.6 Å². The number of halogens is 1. The zero-order valence-corrected chi connectivity index (χ0v) is 19.3. The number of nitrogens with one attached hydrogen (secondary N) is 2. The van der Waals surface area contributed by atoms with E-state index in [0.717, 1.165) is 57.9 Å². The molecule has 1 aliphatic rings. The first kappa shape index (κ1) is 22.7. The fraction of sp³-hybridized carbons (Fsp3) is 0.524. The first-order valence-electron chi connectivity index (χ1n) is 10.0. The fourth-order valence-corrected chi connectivity index (χ4v) is 3.49. The summed E-state index contributed by atoms with van der Waals surface area (Å²) in [6.07, 6.45) is 7.19. The van der Waals surface area contributed by atoms with Crippen molar-refractivity contribution in [2.75, 3.05) is 26.2 Å². The molecule has 28 heavy (non-hydrogen) atoms. The molecule has 0 unspecified atom stereocenters. The summed E-state index contributed by atoms with van der Waals surface area (Å²) in [6, 6.07) is 11.2. The van der Waals surface area contributed by atoms with Crippen LogP contribution in [0.3, 0.4) is 0 Å². The number of hydrogen-bond acceptors (Lipinski definition) is 3. The highest BCUT2D eigenvalue weighted by atomic mass is 127. The van der Waals surface area contributed by atoms with E-state index in [9.17, 15) is 0 Å². The van der Waals surface area contributed by atoms with Crippen LogP contribution in [0.5, 0.6) is 0 Å².